The van der Waals surface area contributed by atoms with Crippen molar-refractivity contribution in [1.29, 1.82) is 0 Å². The van der Waals surface area contributed by atoms with Crippen molar-refractivity contribution in [3.8, 4) is 0 Å². The summed E-state index contributed by atoms with van der Waals surface area (Å²) in [5.74, 6) is -0.350. The van der Waals surface area contributed by atoms with Crippen LogP contribution >= 0.6 is 0 Å². The summed E-state index contributed by atoms with van der Waals surface area (Å²) in [5, 5.41) is 0. The van der Waals surface area contributed by atoms with Gasteiger partial charge in [0.1, 0.15) is 6.61 Å². The van der Waals surface area contributed by atoms with Crippen LogP contribution in [-0.4, -0.2) is 32.6 Å². The Hall–Kier alpha value is -0.610. The molecular formula is C8H15O4. The number of ether oxygens (including phenoxy) is 3. The minimum absolute atomic E-state index is 0.124. The van der Waals surface area contributed by atoms with Crippen LogP contribution in [0, 0.1) is 6.92 Å². The molecule has 0 amide bonds. The molecule has 0 aromatic carbocycles. The topological polar surface area (TPSA) is 44.8 Å². The van der Waals surface area contributed by atoms with Crippen LogP contribution in [0.2, 0.25) is 0 Å². The van der Waals surface area contributed by atoms with Gasteiger partial charge in [-0.05, 0) is 13.8 Å². The summed E-state index contributed by atoms with van der Waals surface area (Å²) in [5.41, 5.74) is 0. The fourth-order valence-corrected chi connectivity index (χ4v) is 0.603. The Morgan fingerprint density at radius 1 is 1.58 bits per heavy atom. The normalized spacial score (nSPS) is 12.6. The predicted molar refractivity (Wildman–Crippen MR) is 43.4 cm³/mol. The molecule has 0 spiro atoms. The minimum atomic E-state index is -0.467. The highest BCUT2D eigenvalue weighted by Crippen LogP contribution is 1.95. The van der Waals surface area contributed by atoms with E-state index in [1.807, 2.05) is 6.92 Å². The van der Waals surface area contributed by atoms with Crippen molar-refractivity contribution < 1.29 is 19.0 Å². The van der Waals surface area contributed by atoms with Gasteiger partial charge in [-0.15, -0.1) is 0 Å². The molecule has 0 aliphatic carbocycles. The van der Waals surface area contributed by atoms with Gasteiger partial charge in [0.25, 0.3) is 0 Å². The predicted octanol–water partition coefficient (Wildman–Crippen LogP) is 0.763. The van der Waals surface area contributed by atoms with Crippen LogP contribution in [0.15, 0.2) is 0 Å². The summed E-state index contributed by atoms with van der Waals surface area (Å²) >= 11 is 0. The lowest BCUT2D eigenvalue weighted by Gasteiger charge is -2.14. The third kappa shape index (κ3) is 5.09. The number of rotatable bonds is 6. The second-order valence-corrected chi connectivity index (χ2v) is 2.05. The highest BCUT2D eigenvalue weighted by molar-refractivity contribution is 5.69. The zero-order valence-corrected chi connectivity index (χ0v) is 7.54. The maximum Gasteiger partial charge on any atom is 0.305 e. The summed E-state index contributed by atoms with van der Waals surface area (Å²) < 4.78 is 14.7. The zero-order chi connectivity index (χ0) is 9.40. The van der Waals surface area contributed by atoms with Crippen molar-refractivity contribution in [1.82, 2.24) is 0 Å². The monoisotopic (exact) mass is 175 g/mol. The lowest BCUT2D eigenvalue weighted by molar-refractivity contribution is -0.171. The van der Waals surface area contributed by atoms with E-state index >= 15 is 0 Å². The molecule has 0 aromatic rings. The van der Waals surface area contributed by atoms with Gasteiger partial charge in [0.15, 0.2) is 6.29 Å². The van der Waals surface area contributed by atoms with Crippen LogP contribution < -0.4 is 0 Å². The molecular weight excluding hydrogens is 160 g/mol. The van der Waals surface area contributed by atoms with Crippen molar-refractivity contribution in [2.45, 2.75) is 19.6 Å². The summed E-state index contributed by atoms with van der Waals surface area (Å²) in [7, 11) is 1.50. The fraction of sp³-hybridized carbons (Fsp3) is 0.750. The van der Waals surface area contributed by atoms with Crippen molar-refractivity contribution in [3.05, 3.63) is 6.92 Å². The smallest absolute Gasteiger partial charge is 0.305 e. The second-order valence-electron chi connectivity index (χ2n) is 2.05. The maximum absolute atomic E-state index is 10.6. The number of carbonyl (C=O) groups excluding carboxylic acids is 1. The van der Waals surface area contributed by atoms with Crippen molar-refractivity contribution in [2.75, 3.05) is 20.3 Å². The van der Waals surface area contributed by atoms with Crippen LogP contribution in [0.4, 0.5) is 0 Å². The van der Waals surface area contributed by atoms with Gasteiger partial charge in [0.05, 0.1) is 0 Å². The first kappa shape index (κ1) is 11.4. The Kier molecular flexibility index (Phi) is 6.70. The van der Waals surface area contributed by atoms with E-state index in [9.17, 15) is 4.79 Å². The van der Waals surface area contributed by atoms with Gasteiger partial charge in [0.2, 0.25) is 0 Å². The molecule has 0 saturated carbocycles. The van der Waals surface area contributed by atoms with Gasteiger partial charge in [0, 0.05) is 20.1 Å². The Balaban J connectivity index is 3.50. The van der Waals surface area contributed by atoms with Gasteiger partial charge in [-0.3, -0.25) is 4.79 Å². The molecule has 4 heteroatoms. The molecule has 0 N–H and O–H groups in total. The van der Waals surface area contributed by atoms with Gasteiger partial charge >= 0.3 is 5.97 Å². The van der Waals surface area contributed by atoms with E-state index in [1.165, 1.54) is 7.11 Å². The number of carbonyl (C=O) groups is 1. The van der Waals surface area contributed by atoms with Crippen LogP contribution in [0.1, 0.15) is 13.3 Å². The summed E-state index contributed by atoms with van der Waals surface area (Å²) in [6.45, 7) is 5.87. The zero-order valence-electron chi connectivity index (χ0n) is 7.54. The van der Waals surface area contributed by atoms with Crippen LogP contribution in [0.5, 0.6) is 0 Å². The number of hydrogen-bond donors (Lipinski definition) is 0. The summed E-state index contributed by atoms with van der Waals surface area (Å²) in [6, 6.07) is 0. The lowest BCUT2D eigenvalue weighted by atomic mass is 10.5. The SMILES string of the molecule is [CH2]CC(=O)OCC(OC)OCC. The Labute approximate surface area is 72.8 Å². The third-order valence-electron chi connectivity index (χ3n) is 1.20. The fourth-order valence-electron chi connectivity index (χ4n) is 0.603. The Morgan fingerprint density at radius 3 is 2.67 bits per heavy atom. The average Bonchev–Trinajstić information content (AvgIpc) is 2.11. The van der Waals surface area contributed by atoms with Crippen LogP contribution in [0.3, 0.4) is 0 Å². The average molecular weight is 175 g/mol. The molecule has 71 valence electrons. The van der Waals surface area contributed by atoms with Gasteiger partial charge in [-0.1, -0.05) is 0 Å². The van der Waals surface area contributed by atoms with Crippen LogP contribution in [-0.2, 0) is 19.0 Å². The molecule has 1 atom stereocenters. The maximum atomic E-state index is 10.6. The molecule has 12 heavy (non-hydrogen) atoms. The highest BCUT2D eigenvalue weighted by atomic mass is 16.7. The summed E-state index contributed by atoms with van der Waals surface area (Å²) in [4.78, 5) is 10.6. The van der Waals surface area contributed by atoms with Crippen molar-refractivity contribution >= 4 is 5.97 Å². The minimum Gasteiger partial charge on any atom is -0.460 e. The van der Waals surface area contributed by atoms with Crippen LogP contribution in [0.25, 0.3) is 0 Å². The number of esters is 1. The molecule has 0 fully saturated rings. The Bertz CT molecular complexity index is 124. The molecule has 0 aliphatic rings. The third-order valence-corrected chi connectivity index (χ3v) is 1.20. The largest absolute Gasteiger partial charge is 0.460 e. The van der Waals surface area contributed by atoms with E-state index in [0.29, 0.717) is 6.61 Å². The van der Waals surface area contributed by atoms with E-state index in [1.54, 1.807) is 0 Å². The molecule has 4 nitrogen and oxygen atoms in total. The first-order valence-electron chi connectivity index (χ1n) is 3.83. The van der Waals surface area contributed by atoms with Gasteiger partial charge < -0.3 is 14.2 Å². The molecule has 0 bridgehead atoms. The van der Waals surface area contributed by atoms with E-state index in [-0.39, 0.29) is 19.0 Å². The first-order valence-corrected chi connectivity index (χ1v) is 3.83. The lowest BCUT2D eigenvalue weighted by Crippen LogP contribution is -2.23. The van der Waals surface area contributed by atoms with Crippen molar-refractivity contribution in [3.63, 3.8) is 0 Å². The van der Waals surface area contributed by atoms with E-state index < -0.39 is 6.29 Å². The molecule has 0 saturated heterocycles. The Morgan fingerprint density at radius 2 is 2.25 bits per heavy atom. The quantitative estimate of drug-likeness (QED) is 0.441. The first-order chi connectivity index (χ1) is 5.74. The van der Waals surface area contributed by atoms with Gasteiger partial charge in [-0.25, -0.2) is 0 Å². The number of hydrogen-bond acceptors (Lipinski definition) is 4. The van der Waals surface area contributed by atoms with E-state index in [2.05, 4.69) is 6.92 Å². The second kappa shape index (κ2) is 7.06. The van der Waals surface area contributed by atoms with E-state index in [4.69, 9.17) is 14.2 Å². The summed E-state index contributed by atoms with van der Waals surface area (Å²) in [6.07, 6.45) is -0.340. The highest BCUT2D eigenvalue weighted by Gasteiger charge is 2.08. The molecule has 0 heterocycles. The van der Waals surface area contributed by atoms with Crippen molar-refractivity contribution in [2.24, 2.45) is 0 Å². The molecule has 1 radical (unpaired) electrons. The standard InChI is InChI=1S/C8H15O4/c1-4-7(9)12-6-8(10-3)11-5-2/h8H,1,4-6H2,2-3H3. The molecule has 0 aromatic heterocycles. The van der Waals surface area contributed by atoms with E-state index in [0.717, 1.165) is 0 Å². The number of methoxy groups -OCH3 is 1. The molecule has 0 aliphatic heterocycles. The van der Waals surface area contributed by atoms with Gasteiger partial charge in [-0.2, -0.15) is 0 Å². The molecule has 0 rings (SSSR count). The molecule has 1 unspecified atom stereocenters.